The summed E-state index contributed by atoms with van der Waals surface area (Å²) in [7, 11) is 0. The van der Waals surface area contributed by atoms with Crippen molar-refractivity contribution in [1.29, 1.82) is 0 Å². The van der Waals surface area contributed by atoms with Crippen molar-refractivity contribution in [3.63, 3.8) is 0 Å². The number of carboxylic acids is 1. The van der Waals surface area contributed by atoms with E-state index in [0.717, 1.165) is 4.47 Å². The first-order valence-electron chi connectivity index (χ1n) is 4.33. The number of hydrogen-bond donors (Lipinski definition) is 2. The molecule has 0 atom stereocenters. The summed E-state index contributed by atoms with van der Waals surface area (Å²) in [5.41, 5.74) is 5.79. The van der Waals surface area contributed by atoms with E-state index in [4.69, 9.17) is 15.3 Å². The summed E-state index contributed by atoms with van der Waals surface area (Å²) >= 11 is 3.29. The molecule has 16 heavy (non-hydrogen) atoms. The van der Waals surface area contributed by atoms with E-state index in [1.165, 1.54) is 0 Å². The predicted octanol–water partition coefficient (Wildman–Crippen LogP) is 2.38. The Morgan fingerprint density at radius 1 is 1.38 bits per heavy atom. The van der Waals surface area contributed by atoms with E-state index in [2.05, 4.69) is 20.9 Å². The molecule has 0 radical (unpaired) electrons. The number of carboxylic acid groups (broad SMARTS) is 1. The number of aromatic nitrogens is 1. The molecule has 1 aromatic heterocycles. The number of hydrogen-bond acceptors (Lipinski definition) is 4. The van der Waals surface area contributed by atoms with E-state index in [0.29, 0.717) is 5.56 Å². The van der Waals surface area contributed by atoms with Crippen LogP contribution in [0.15, 0.2) is 33.2 Å². The molecule has 2 rings (SSSR count). The fourth-order valence-corrected chi connectivity index (χ4v) is 1.47. The van der Waals surface area contributed by atoms with Crippen LogP contribution in [-0.2, 0) is 0 Å². The van der Waals surface area contributed by atoms with Crippen LogP contribution in [0.2, 0.25) is 0 Å². The van der Waals surface area contributed by atoms with Crippen molar-refractivity contribution in [2.24, 2.45) is 0 Å². The minimum absolute atomic E-state index is 0.189. The second-order valence-corrected chi connectivity index (χ2v) is 3.96. The van der Waals surface area contributed by atoms with Crippen LogP contribution in [-0.4, -0.2) is 16.1 Å². The number of oxazole rings is 1. The van der Waals surface area contributed by atoms with Gasteiger partial charge in [0.25, 0.3) is 0 Å². The maximum Gasteiger partial charge on any atom is 0.360 e. The van der Waals surface area contributed by atoms with Gasteiger partial charge in [0.15, 0.2) is 0 Å². The third kappa shape index (κ3) is 1.92. The van der Waals surface area contributed by atoms with E-state index in [9.17, 15) is 4.79 Å². The zero-order valence-electron chi connectivity index (χ0n) is 7.98. The number of halogens is 1. The highest BCUT2D eigenvalue weighted by molar-refractivity contribution is 9.10. The minimum atomic E-state index is -1.20. The van der Waals surface area contributed by atoms with Crippen LogP contribution in [0.3, 0.4) is 0 Å². The highest BCUT2D eigenvalue weighted by atomic mass is 79.9. The van der Waals surface area contributed by atoms with Crippen LogP contribution in [0.4, 0.5) is 5.88 Å². The zero-order chi connectivity index (χ0) is 11.7. The van der Waals surface area contributed by atoms with Gasteiger partial charge in [0.1, 0.15) is 0 Å². The summed E-state index contributed by atoms with van der Waals surface area (Å²) in [6.07, 6.45) is 0. The van der Waals surface area contributed by atoms with Gasteiger partial charge in [-0.1, -0.05) is 15.9 Å². The number of carbonyl (C=O) groups is 1. The average Bonchev–Trinajstić information content (AvgIpc) is 2.61. The number of aromatic carboxylic acids is 1. The lowest BCUT2D eigenvalue weighted by molar-refractivity contribution is 0.0692. The van der Waals surface area contributed by atoms with Gasteiger partial charge in [0.2, 0.25) is 17.5 Å². The second-order valence-electron chi connectivity index (χ2n) is 3.04. The Hall–Kier alpha value is -1.82. The summed E-state index contributed by atoms with van der Waals surface area (Å²) in [6, 6.07) is 7.11. The topological polar surface area (TPSA) is 89.4 Å². The maximum absolute atomic E-state index is 10.7. The fourth-order valence-electron chi connectivity index (χ4n) is 1.20. The quantitative estimate of drug-likeness (QED) is 0.883. The van der Waals surface area contributed by atoms with Crippen molar-refractivity contribution in [3.05, 3.63) is 34.4 Å². The molecular weight excluding hydrogens is 276 g/mol. The molecule has 6 heteroatoms. The van der Waals surface area contributed by atoms with E-state index < -0.39 is 5.97 Å². The second kappa shape index (κ2) is 3.97. The smallest absolute Gasteiger partial charge is 0.360 e. The number of benzene rings is 1. The SMILES string of the molecule is Nc1oc(-c2ccc(Br)cc2)nc1C(=O)O. The molecule has 0 saturated carbocycles. The summed E-state index contributed by atoms with van der Waals surface area (Å²) in [5, 5.41) is 8.76. The summed E-state index contributed by atoms with van der Waals surface area (Å²) < 4.78 is 5.98. The number of nitrogens with zero attached hydrogens (tertiary/aromatic N) is 1. The molecule has 0 aliphatic carbocycles. The average molecular weight is 283 g/mol. The first kappa shape index (κ1) is 10.7. The number of anilines is 1. The summed E-state index contributed by atoms with van der Waals surface area (Å²) in [6.45, 7) is 0. The number of nitrogens with two attached hydrogens (primary N) is 1. The van der Waals surface area contributed by atoms with Gasteiger partial charge in [-0.2, -0.15) is 4.98 Å². The third-order valence-corrected chi connectivity index (χ3v) is 2.48. The monoisotopic (exact) mass is 282 g/mol. The summed E-state index contributed by atoms with van der Waals surface area (Å²) in [4.78, 5) is 14.5. The van der Waals surface area contributed by atoms with Gasteiger partial charge in [-0.05, 0) is 24.3 Å². The lowest BCUT2D eigenvalue weighted by atomic mass is 10.2. The van der Waals surface area contributed by atoms with Crippen molar-refractivity contribution in [2.45, 2.75) is 0 Å². The molecule has 0 bridgehead atoms. The fraction of sp³-hybridized carbons (Fsp3) is 0. The molecule has 1 heterocycles. The van der Waals surface area contributed by atoms with E-state index >= 15 is 0 Å². The molecule has 0 amide bonds. The van der Waals surface area contributed by atoms with Gasteiger partial charge in [-0.15, -0.1) is 0 Å². The summed E-state index contributed by atoms with van der Waals surface area (Å²) in [5.74, 6) is -1.20. The normalized spacial score (nSPS) is 10.3. The van der Waals surface area contributed by atoms with Gasteiger partial charge in [0.05, 0.1) is 0 Å². The Kier molecular flexibility index (Phi) is 2.66. The third-order valence-electron chi connectivity index (χ3n) is 1.95. The molecule has 5 nitrogen and oxygen atoms in total. The largest absolute Gasteiger partial charge is 0.476 e. The van der Waals surface area contributed by atoms with Gasteiger partial charge in [-0.25, -0.2) is 4.79 Å². The minimum Gasteiger partial charge on any atom is -0.476 e. The first-order chi connectivity index (χ1) is 7.58. The standard InChI is InChI=1S/C10H7BrN2O3/c11-6-3-1-5(2-4-6)9-13-7(10(14)15)8(12)16-9/h1-4H,12H2,(H,14,15). The Labute approximate surface area is 99.0 Å². The Balaban J connectivity index is 2.45. The molecule has 0 unspecified atom stereocenters. The highest BCUT2D eigenvalue weighted by Crippen LogP contribution is 2.24. The van der Waals surface area contributed by atoms with Crippen LogP contribution >= 0.6 is 15.9 Å². The van der Waals surface area contributed by atoms with Gasteiger partial charge >= 0.3 is 5.97 Å². The maximum atomic E-state index is 10.7. The van der Waals surface area contributed by atoms with Crippen molar-refractivity contribution < 1.29 is 14.3 Å². The van der Waals surface area contributed by atoms with Crippen molar-refractivity contribution in [2.75, 3.05) is 5.73 Å². The van der Waals surface area contributed by atoms with Crippen LogP contribution < -0.4 is 5.73 Å². The van der Waals surface area contributed by atoms with Crippen molar-refractivity contribution in [3.8, 4) is 11.5 Å². The molecule has 0 aliphatic heterocycles. The molecule has 0 fully saturated rings. The van der Waals surface area contributed by atoms with Crippen LogP contribution in [0.25, 0.3) is 11.5 Å². The number of rotatable bonds is 2. The number of nitrogen functional groups attached to an aromatic ring is 1. The molecule has 1 aromatic carbocycles. The van der Waals surface area contributed by atoms with Gasteiger partial charge < -0.3 is 15.3 Å². The van der Waals surface area contributed by atoms with E-state index in [-0.39, 0.29) is 17.5 Å². The van der Waals surface area contributed by atoms with Gasteiger partial charge in [-0.3, -0.25) is 0 Å². The van der Waals surface area contributed by atoms with E-state index in [1.54, 1.807) is 24.3 Å². The zero-order valence-corrected chi connectivity index (χ0v) is 9.56. The molecule has 0 saturated heterocycles. The molecule has 0 spiro atoms. The predicted molar refractivity (Wildman–Crippen MR) is 61.0 cm³/mol. The first-order valence-corrected chi connectivity index (χ1v) is 5.13. The van der Waals surface area contributed by atoms with E-state index in [1.807, 2.05) is 0 Å². The van der Waals surface area contributed by atoms with Crippen molar-refractivity contribution >= 4 is 27.8 Å². The lowest BCUT2D eigenvalue weighted by Gasteiger charge is -1.94. The molecular formula is C10H7BrN2O3. The van der Waals surface area contributed by atoms with Gasteiger partial charge in [0, 0.05) is 10.0 Å². The molecule has 3 N–H and O–H groups in total. The van der Waals surface area contributed by atoms with Crippen LogP contribution in [0, 0.1) is 0 Å². The van der Waals surface area contributed by atoms with Crippen molar-refractivity contribution in [1.82, 2.24) is 4.98 Å². The molecule has 2 aromatic rings. The van der Waals surface area contributed by atoms with Crippen LogP contribution in [0.5, 0.6) is 0 Å². The Bertz CT molecular complexity index is 533. The Morgan fingerprint density at radius 3 is 2.50 bits per heavy atom. The molecule has 82 valence electrons. The lowest BCUT2D eigenvalue weighted by Crippen LogP contribution is -2.00. The Morgan fingerprint density at radius 2 is 2.00 bits per heavy atom. The molecule has 0 aliphatic rings. The highest BCUT2D eigenvalue weighted by Gasteiger charge is 2.17. The van der Waals surface area contributed by atoms with Crippen LogP contribution in [0.1, 0.15) is 10.5 Å².